The molecule has 0 fully saturated rings. The van der Waals surface area contributed by atoms with Crippen molar-refractivity contribution in [3.63, 3.8) is 0 Å². The summed E-state index contributed by atoms with van der Waals surface area (Å²) < 4.78 is 5.00. The van der Waals surface area contributed by atoms with E-state index in [1.54, 1.807) is 11.8 Å². The van der Waals surface area contributed by atoms with Crippen LogP contribution in [-0.2, 0) is 0 Å². The first-order valence-electron chi connectivity index (χ1n) is 5.68. The van der Waals surface area contributed by atoms with Crippen molar-refractivity contribution < 1.29 is 9.63 Å². The van der Waals surface area contributed by atoms with Gasteiger partial charge in [-0.1, -0.05) is 12.1 Å². The molecule has 6 heteroatoms. The number of aromatic nitrogens is 2. The van der Waals surface area contributed by atoms with Crippen molar-refractivity contribution in [2.75, 3.05) is 12.4 Å². The number of nitrogens with two attached hydrogens (primary N) is 1. The summed E-state index contributed by atoms with van der Waals surface area (Å²) in [6, 6.07) is 7.30. The standard InChI is InChI=1S/C12H15N3O2S/c1-2-18-9-5-3-8(4-6-9)11-14-12(17-15-11)10(13)7-16/h3-6,10,16H,2,7,13H2,1H3/t10-/m1/s1. The summed E-state index contributed by atoms with van der Waals surface area (Å²) in [5.74, 6) is 1.78. The molecule has 0 saturated heterocycles. The average Bonchev–Trinajstić information content (AvgIpc) is 2.89. The van der Waals surface area contributed by atoms with Crippen LogP contribution < -0.4 is 5.73 Å². The van der Waals surface area contributed by atoms with E-state index < -0.39 is 6.04 Å². The number of thioether (sulfide) groups is 1. The predicted molar refractivity (Wildman–Crippen MR) is 70.1 cm³/mol. The lowest BCUT2D eigenvalue weighted by atomic mass is 10.2. The zero-order valence-corrected chi connectivity index (χ0v) is 10.9. The number of aliphatic hydroxyl groups excluding tert-OH is 1. The van der Waals surface area contributed by atoms with Crippen molar-refractivity contribution in [3.05, 3.63) is 30.2 Å². The highest BCUT2D eigenvalue weighted by atomic mass is 32.2. The van der Waals surface area contributed by atoms with Crippen LogP contribution in [0.4, 0.5) is 0 Å². The third-order valence-electron chi connectivity index (χ3n) is 2.38. The van der Waals surface area contributed by atoms with E-state index in [2.05, 4.69) is 17.1 Å². The average molecular weight is 265 g/mol. The van der Waals surface area contributed by atoms with E-state index in [-0.39, 0.29) is 12.5 Å². The Hall–Kier alpha value is -1.37. The van der Waals surface area contributed by atoms with Crippen molar-refractivity contribution in [1.82, 2.24) is 10.1 Å². The molecule has 0 spiro atoms. The number of benzene rings is 1. The Kier molecular flexibility index (Phi) is 4.35. The quantitative estimate of drug-likeness (QED) is 0.802. The summed E-state index contributed by atoms with van der Waals surface area (Å²) in [7, 11) is 0. The van der Waals surface area contributed by atoms with Gasteiger partial charge in [0.15, 0.2) is 0 Å². The van der Waals surface area contributed by atoms with E-state index >= 15 is 0 Å². The van der Waals surface area contributed by atoms with E-state index in [0.29, 0.717) is 5.82 Å². The van der Waals surface area contributed by atoms with E-state index in [9.17, 15) is 0 Å². The van der Waals surface area contributed by atoms with Crippen molar-refractivity contribution in [2.24, 2.45) is 5.73 Å². The number of nitrogens with zero attached hydrogens (tertiary/aromatic N) is 2. The molecule has 0 aliphatic carbocycles. The van der Waals surface area contributed by atoms with Crippen LogP contribution in [0.5, 0.6) is 0 Å². The molecule has 1 heterocycles. The van der Waals surface area contributed by atoms with Crippen LogP contribution in [0, 0.1) is 0 Å². The summed E-state index contributed by atoms with van der Waals surface area (Å²) in [6.07, 6.45) is 0. The van der Waals surface area contributed by atoms with Gasteiger partial charge >= 0.3 is 0 Å². The minimum absolute atomic E-state index is 0.215. The topological polar surface area (TPSA) is 85.2 Å². The van der Waals surface area contributed by atoms with Gasteiger partial charge in [-0.25, -0.2) is 0 Å². The van der Waals surface area contributed by atoms with Crippen molar-refractivity contribution >= 4 is 11.8 Å². The molecule has 3 N–H and O–H groups in total. The SMILES string of the molecule is CCSc1ccc(-c2noc([C@H](N)CO)n2)cc1. The summed E-state index contributed by atoms with van der Waals surface area (Å²) in [4.78, 5) is 5.36. The maximum atomic E-state index is 8.91. The van der Waals surface area contributed by atoms with Gasteiger partial charge in [0.2, 0.25) is 11.7 Å². The summed E-state index contributed by atoms with van der Waals surface area (Å²) in [6.45, 7) is 1.90. The van der Waals surface area contributed by atoms with E-state index in [4.69, 9.17) is 15.4 Å². The Morgan fingerprint density at radius 1 is 1.39 bits per heavy atom. The summed E-state index contributed by atoms with van der Waals surface area (Å²) >= 11 is 1.78. The predicted octanol–water partition coefficient (Wildman–Crippen LogP) is 1.84. The molecule has 1 aromatic heterocycles. The molecule has 2 rings (SSSR count). The molecule has 0 saturated carbocycles. The molecular formula is C12H15N3O2S. The molecule has 1 aromatic carbocycles. The molecule has 0 bridgehead atoms. The molecule has 0 amide bonds. The molecule has 0 aliphatic rings. The zero-order valence-electron chi connectivity index (χ0n) is 10.0. The lowest BCUT2D eigenvalue weighted by molar-refractivity contribution is 0.237. The van der Waals surface area contributed by atoms with E-state index in [0.717, 1.165) is 11.3 Å². The lowest BCUT2D eigenvalue weighted by Gasteiger charge is -1.99. The van der Waals surface area contributed by atoms with Crippen LogP contribution in [0.25, 0.3) is 11.4 Å². The Labute approximate surface area is 109 Å². The number of rotatable bonds is 5. The molecule has 0 unspecified atom stereocenters. The van der Waals surface area contributed by atoms with Gasteiger partial charge in [-0.2, -0.15) is 4.98 Å². The second kappa shape index (κ2) is 5.99. The van der Waals surface area contributed by atoms with E-state index in [1.165, 1.54) is 4.90 Å². The number of hydrogen-bond donors (Lipinski definition) is 2. The van der Waals surface area contributed by atoms with Crippen molar-refractivity contribution in [1.29, 1.82) is 0 Å². The molecule has 2 aromatic rings. The molecule has 0 radical (unpaired) electrons. The van der Waals surface area contributed by atoms with Crippen LogP contribution in [0.1, 0.15) is 18.9 Å². The van der Waals surface area contributed by atoms with Crippen molar-refractivity contribution in [3.8, 4) is 11.4 Å². The van der Waals surface area contributed by atoms with Gasteiger partial charge in [0.05, 0.1) is 6.61 Å². The van der Waals surface area contributed by atoms with Crippen molar-refractivity contribution in [2.45, 2.75) is 17.9 Å². The highest BCUT2D eigenvalue weighted by molar-refractivity contribution is 7.99. The summed E-state index contributed by atoms with van der Waals surface area (Å²) in [5, 5.41) is 12.8. The smallest absolute Gasteiger partial charge is 0.246 e. The molecule has 18 heavy (non-hydrogen) atoms. The number of aliphatic hydroxyl groups is 1. The third-order valence-corrected chi connectivity index (χ3v) is 3.27. The lowest BCUT2D eigenvalue weighted by Crippen LogP contribution is -2.14. The minimum Gasteiger partial charge on any atom is -0.394 e. The highest BCUT2D eigenvalue weighted by Crippen LogP contribution is 2.22. The van der Waals surface area contributed by atoms with Gasteiger partial charge in [-0.15, -0.1) is 11.8 Å². The fourth-order valence-corrected chi connectivity index (χ4v) is 2.11. The Morgan fingerprint density at radius 2 is 2.11 bits per heavy atom. The summed E-state index contributed by atoms with van der Waals surface area (Å²) in [5.41, 5.74) is 6.47. The van der Waals surface area contributed by atoms with Crippen LogP contribution in [0.2, 0.25) is 0 Å². The molecule has 5 nitrogen and oxygen atoms in total. The van der Waals surface area contributed by atoms with Gasteiger partial charge in [0, 0.05) is 10.5 Å². The minimum atomic E-state index is -0.624. The molecular weight excluding hydrogens is 250 g/mol. The van der Waals surface area contributed by atoms with Gasteiger partial charge in [-0.05, 0) is 30.0 Å². The van der Waals surface area contributed by atoms with Crippen LogP contribution >= 0.6 is 11.8 Å². The fourth-order valence-electron chi connectivity index (χ4n) is 1.45. The highest BCUT2D eigenvalue weighted by Gasteiger charge is 2.14. The van der Waals surface area contributed by atoms with Gasteiger partial charge < -0.3 is 15.4 Å². The Morgan fingerprint density at radius 3 is 2.72 bits per heavy atom. The third kappa shape index (κ3) is 2.90. The Bertz CT molecular complexity index is 498. The number of hydrogen-bond acceptors (Lipinski definition) is 6. The fraction of sp³-hybridized carbons (Fsp3) is 0.333. The normalized spacial score (nSPS) is 12.6. The van der Waals surface area contributed by atoms with Gasteiger partial charge in [0.1, 0.15) is 6.04 Å². The first-order valence-corrected chi connectivity index (χ1v) is 6.66. The maximum Gasteiger partial charge on any atom is 0.246 e. The van der Waals surface area contributed by atoms with E-state index in [1.807, 2.05) is 24.3 Å². The Balaban J connectivity index is 2.18. The first-order chi connectivity index (χ1) is 8.74. The van der Waals surface area contributed by atoms with Crippen LogP contribution in [0.15, 0.2) is 33.7 Å². The van der Waals surface area contributed by atoms with Gasteiger partial charge in [-0.3, -0.25) is 0 Å². The zero-order chi connectivity index (χ0) is 13.0. The van der Waals surface area contributed by atoms with Crippen LogP contribution in [0.3, 0.4) is 0 Å². The van der Waals surface area contributed by atoms with Gasteiger partial charge in [0.25, 0.3) is 0 Å². The second-order valence-electron chi connectivity index (χ2n) is 3.70. The first kappa shape index (κ1) is 13.1. The maximum absolute atomic E-state index is 8.91. The molecule has 96 valence electrons. The van der Waals surface area contributed by atoms with Crippen LogP contribution in [-0.4, -0.2) is 27.6 Å². The molecule has 0 aliphatic heterocycles. The second-order valence-corrected chi connectivity index (χ2v) is 5.04. The monoisotopic (exact) mass is 265 g/mol. The molecule has 1 atom stereocenters. The largest absolute Gasteiger partial charge is 0.394 e.